The first-order valence-electron chi connectivity index (χ1n) is 6.58. The fourth-order valence-electron chi connectivity index (χ4n) is 2.25. The molecule has 1 aromatic rings. The van der Waals surface area contributed by atoms with Gasteiger partial charge in [-0.05, 0) is 43.4 Å². The van der Waals surface area contributed by atoms with Crippen LogP contribution in [0.2, 0.25) is 0 Å². The Morgan fingerprint density at radius 3 is 2.68 bits per heavy atom. The lowest BCUT2D eigenvalue weighted by Gasteiger charge is -2.23. The lowest BCUT2D eigenvalue weighted by atomic mass is 10.1. The summed E-state index contributed by atoms with van der Waals surface area (Å²) < 4.78 is 0. The lowest BCUT2D eigenvalue weighted by Crippen LogP contribution is -2.25. The summed E-state index contributed by atoms with van der Waals surface area (Å²) in [5.41, 5.74) is 1.37. The van der Waals surface area contributed by atoms with E-state index in [0.717, 1.165) is 24.3 Å². The maximum absolute atomic E-state index is 11.3. The summed E-state index contributed by atoms with van der Waals surface area (Å²) in [5, 5.41) is 17.7. The molecule has 5 nitrogen and oxygen atoms in total. The molecule has 0 amide bonds. The summed E-state index contributed by atoms with van der Waals surface area (Å²) in [5.74, 6) is 2.25. The molecule has 0 bridgehead atoms. The molecule has 1 fully saturated rings. The van der Waals surface area contributed by atoms with Crippen molar-refractivity contribution in [3.63, 3.8) is 0 Å². The van der Waals surface area contributed by atoms with Gasteiger partial charge in [-0.25, -0.2) is 0 Å². The molecule has 0 atom stereocenters. The van der Waals surface area contributed by atoms with Gasteiger partial charge in [0.2, 0.25) is 0 Å². The van der Waals surface area contributed by atoms with Gasteiger partial charge >= 0.3 is 5.69 Å². The zero-order valence-electron chi connectivity index (χ0n) is 11.0. The van der Waals surface area contributed by atoms with Gasteiger partial charge in [0.1, 0.15) is 11.4 Å². The Hall–Kier alpha value is -1.43. The Labute approximate surface area is 117 Å². The number of hydrogen-bond donors (Lipinski definition) is 2. The first kappa shape index (κ1) is 14.0. The Bertz CT molecular complexity index is 448. The van der Waals surface area contributed by atoms with E-state index in [1.54, 1.807) is 12.1 Å². The summed E-state index contributed by atoms with van der Waals surface area (Å²) in [6, 6.07) is 5.74. The highest BCUT2D eigenvalue weighted by atomic mass is 32.2. The third-order valence-electron chi connectivity index (χ3n) is 3.17. The zero-order valence-corrected chi connectivity index (χ0v) is 11.8. The van der Waals surface area contributed by atoms with Crippen LogP contribution in [0.1, 0.15) is 19.8 Å². The standard InChI is InChI=1S/C13H19N3O2S/c1-2-14-11-4-3-5-12(13(11)16(17)18)15-10-6-8-19-9-7-10/h3-5,10,14-15H,2,6-9H2,1H3. The van der Waals surface area contributed by atoms with E-state index in [1.807, 2.05) is 24.8 Å². The molecule has 19 heavy (non-hydrogen) atoms. The number of benzene rings is 1. The number of nitrogens with zero attached hydrogens (tertiary/aromatic N) is 1. The van der Waals surface area contributed by atoms with E-state index >= 15 is 0 Å². The number of thioether (sulfide) groups is 1. The van der Waals surface area contributed by atoms with E-state index in [4.69, 9.17) is 0 Å². The van der Waals surface area contributed by atoms with E-state index < -0.39 is 0 Å². The van der Waals surface area contributed by atoms with Crippen molar-refractivity contribution in [2.75, 3.05) is 28.7 Å². The van der Waals surface area contributed by atoms with E-state index in [0.29, 0.717) is 24.0 Å². The van der Waals surface area contributed by atoms with Crippen LogP contribution in [0.3, 0.4) is 0 Å². The molecular formula is C13H19N3O2S. The summed E-state index contributed by atoms with van der Waals surface area (Å²) >= 11 is 1.94. The van der Waals surface area contributed by atoms with Crippen LogP contribution in [-0.4, -0.2) is 29.0 Å². The molecule has 1 aliphatic rings. The van der Waals surface area contributed by atoms with E-state index in [2.05, 4.69) is 10.6 Å². The number of nitro benzene ring substituents is 1. The zero-order chi connectivity index (χ0) is 13.7. The van der Waals surface area contributed by atoms with Crippen LogP contribution in [0.15, 0.2) is 18.2 Å². The van der Waals surface area contributed by atoms with E-state index in [-0.39, 0.29) is 10.6 Å². The third kappa shape index (κ3) is 3.53. The Balaban J connectivity index is 2.22. The normalized spacial score (nSPS) is 16.1. The fraction of sp³-hybridized carbons (Fsp3) is 0.538. The molecule has 0 radical (unpaired) electrons. The van der Waals surface area contributed by atoms with Gasteiger partial charge in [0, 0.05) is 12.6 Å². The number of para-hydroxylation sites is 1. The fourth-order valence-corrected chi connectivity index (χ4v) is 3.36. The second kappa shape index (κ2) is 6.65. The monoisotopic (exact) mass is 281 g/mol. The van der Waals surface area contributed by atoms with Crippen LogP contribution < -0.4 is 10.6 Å². The average molecular weight is 281 g/mol. The van der Waals surface area contributed by atoms with E-state index in [1.165, 1.54) is 0 Å². The molecule has 104 valence electrons. The van der Waals surface area contributed by atoms with Gasteiger partial charge in [0.15, 0.2) is 0 Å². The average Bonchev–Trinajstić information content (AvgIpc) is 2.40. The van der Waals surface area contributed by atoms with Gasteiger partial charge in [0.25, 0.3) is 0 Å². The van der Waals surface area contributed by atoms with Crippen LogP contribution in [0.5, 0.6) is 0 Å². The maximum atomic E-state index is 11.3. The predicted molar refractivity (Wildman–Crippen MR) is 81.2 cm³/mol. The molecule has 0 aliphatic carbocycles. The van der Waals surface area contributed by atoms with Crippen LogP contribution in [-0.2, 0) is 0 Å². The smallest absolute Gasteiger partial charge is 0.315 e. The van der Waals surface area contributed by atoms with Gasteiger partial charge in [-0.2, -0.15) is 11.8 Å². The number of hydrogen-bond acceptors (Lipinski definition) is 5. The minimum absolute atomic E-state index is 0.155. The van der Waals surface area contributed by atoms with Gasteiger partial charge in [0.05, 0.1) is 4.92 Å². The maximum Gasteiger partial charge on any atom is 0.315 e. The second-order valence-corrected chi connectivity index (χ2v) is 5.74. The minimum atomic E-state index is -0.308. The molecule has 1 saturated heterocycles. The Kier molecular flexibility index (Phi) is 4.90. The minimum Gasteiger partial charge on any atom is -0.380 e. The first-order chi connectivity index (χ1) is 9.22. The van der Waals surface area contributed by atoms with E-state index in [9.17, 15) is 10.1 Å². The highest BCUT2D eigenvalue weighted by molar-refractivity contribution is 7.99. The number of nitrogens with one attached hydrogen (secondary N) is 2. The Morgan fingerprint density at radius 2 is 2.05 bits per heavy atom. The molecule has 6 heteroatoms. The summed E-state index contributed by atoms with van der Waals surface area (Å²) in [4.78, 5) is 11.0. The second-order valence-electron chi connectivity index (χ2n) is 4.52. The SMILES string of the molecule is CCNc1cccc(NC2CCSCC2)c1[N+](=O)[O-]. The lowest BCUT2D eigenvalue weighted by molar-refractivity contribution is -0.383. The van der Waals surface area contributed by atoms with Crippen molar-refractivity contribution in [1.29, 1.82) is 0 Å². The highest BCUT2D eigenvalue weighted by Crippen LogP contribution is 2.34. The van der Waals surface area contributed by atoms with Crippen molar-refractivity contribution in [2.24, 2.45) is 0 Å². The summed E-state index contributed by atoms with van der Waals surface area (Å²) in [7, 11) is 0. The number of anilines is 2. The molecule has 0 aromatic heterocycles. The third-order valence-corrected chi connectivity index (χ3v) is 4.22. The quantitative estimate of drug-likeness (QED) is 0.640. The van der Waals surface area contributed by atoms with Crippen molar-refractivity contribution in [1.82, 2.24) is 0 Å². The van der Waals surface area contributed by atoms with Crippen LogP contribution in [0.25, 0.3) is 0 Å². The molecule has 1 heterocycles. The molecule has 2 N–H and O–H groups in total. The van der Waals surface area contributed by atoms with Crippen LogP contribution in [0, 0.1) is 10.1 Å². The van der Waals surface area contributed by atoms with Gasteiger partial charge < -0.3 is 10.6 Å². The van der Waals surface area contributed by atoms with Crippen LogP contribution in [0.4, 0.5) is 17.1 Å². The molecule has 1 aromatic carbocycles. The molecule has 0 unspecified atom stereocenters. The van der Waals surface area contributed by atoms with Crippen molar-refractivity contribution in [2.45, 2.75) is 25.8 Å². The van der Waals surface area contributed by atoms with Crippen molar-refractivity contribution >= 4 is 28.8 Å². The highest BCUT2D eigenvalue weighted by Gasteiger charge is 2.22. The molecule has 0 saturated carbocycles. The van der Waals surface area contributed by atoms with Gasteiger partial charge in [-0.15, -0.1) is 0 Å². The van der Waals surface area contributed by atoms with Crippen molar-refractivity contribution in [3.8, 4) is 0 Å². The Morgan fingerprint density at radius 1 is 1.37 bits per heavy atom. The van der Waals surface area contributed by atoms with Gasteiger partial charge in [-0.1, -0.05) is 6.07 Å². The molecule has 2 rings (SSSR count). The van der Waals surface area contributed by atoms with Crippen molar-refractivity contribution in [3.05, 3.63) is 28.3 Å². The summed E-state index contributed by atoms with van der Waals surface area (Å²) in [6.45, 7) is 2.60. The largest absolute Gasteiger partial charge is 0.380 e. The molecule has 0 spiro atoms. The topological polar surface area (TPSA) is 67.2 Å². The molecular weight excluding hydrogens is 262 g/mol. The predicted octanol–water partition coefficient (Wildman–Crippen LogP) is 3.33. The first-order valence-corrected chi connectivity index (χ1v) is 7.73. The number of rotatable bonds is 5. The van der Waals surface area contributed by atoms with Gasteiger partial charge in [-0.3, -0.25) is 10.1 Å². The molecule has 1 aliphatic heterocycles. The number of nitro groups is 1. The van der Waals surface area contributed by atoms with Crippen molar-refractivity contribution < 1.29 is 4.92 Å². The summed E-state index contributed by atoms with van der Waals surface area (Å²) in [6.07, 6.45) is 2.13. The van der Waals surface area contributed by atoms with Crippen LogP contribution >= 0.6 is 11.8 Å².